The van der Waals surface area contributed by atoms with Crippen LogP contribution in [0.1, 0.15) is 11.1 Å². The van der Waals surface area contributed by atoms with Crippen LogP contribution in [0.5, 0.6) is 5.75 Å². The zero-order valence-corrected chi connectivity index (χ0v) is 16.6. The summed E-state index contributed by atoms with van der Waals surface area (Å²) in [7, 11) is 3.37. The molecule has 3 aromatic carbocycles. The number of fused-ring (bicyclic) bond motifs is 1. The molecule has 3 rings (SSSR count). The largest absolute Gasteiger partial charge is 0.497 e. The molecule has 0 unspecified atom stereocenters. The number of carbonyl (C=O) groups is 2. The second kappa shape index (κ2) is 9.59. The molecule has 0 radical (unpaired) electrons. The molecule has 0 aliphatic rings. The van der Waals surface area contributed by atoms with Crippen LogP contribution >= 0.6 is 0 Å². The summed E-state index contributed by atoms with van der Waals surface area (Å²) in [5.74, 6) is 0.656. The molecule has 0 aliphatic heterocycles. The summed E-state index contributed by atoms with van der Waals surface area (Å²) in [6, 6.07) is 21.2. The van der Waals surface area contributed by atoms with E-state index in [0.29, 0.717) is 13.1 Å². The Morgan fingerprint density at radius 2 is 1.62 bits per heavy atom. The van der Waals surface area contributed by atoms with Gasteiger partial charge in [0, 0.05) is 20.1 Å². The van der Waals surface area contributed by atoms with Gasteiger partial charge in [-0.1, -0.05) is 48.5 Å². The van der Waals surface area contributed by atoms with Crippen LogP contribution in [0.4, 0.5) is 4.79 Å². The monoisotopic (exact) mass is 391 g/mol. The molecule has 3 amide bonds. The van der Waals surface area contributed by atoms with Gasteiger partial charge in [0.15, 0.2) is 0 Å². The smallest absolute Gasteiger partial charge is 0.315 e. The second-order valence-electron chi connectivity index (χ2n) is 6.82. The predicted molar refractivity (Wildman–Crippen MR) is 114 cm³/mol. The Kier molecular flexibility index (Phi) is 6.68. The van der Waals surface area contributed by atoms with Gasteiger partial charge in [-0.15, -0.1) is 0 Å². The van der Waals surface area contributed by atoms with Gasteiger partial charge in [-0.3, -0.25) is 4.79 Å². The molecule has 150 valence electrons. The van der Waals surface area contributed by atoms with E-state index in [-0.39, 0.29) is 18.5 Å². The number of hydrogen-bond acceptors (Lipinski definition) is 3. The summed E-state index contributed by atoms with van der Waals surface area (Å²) < 4.78 is 5.24. The van der Waals surface area contributed by atoms with E-state index < -0.39 is 0 Å². The highest BCUT2D eigenvalue weighted by Gasteiger charge is 2.11. The molecule has 0 saturated carbocycles. The first kappa shape index (κ1) is 20.2. The number of nitrogens with one attached hydrogen (secondary N) is 2. The number of ether oxygens (including phenoxy) is 1. The van der Waals surface area contributed by atoms with Crippen molar-refractivity contribution in [2.45, 2.75) is 13.1 Å². The molecule has 0 fully saturated rings. The van der Waals surface area contributed by atoms with Crippen LogP contribution in [0.3, 0.4) is 0 Å². The number of rotatable bonds is 7. The van der Waals surface area contributed by atoms with E-state index in [0.717, 1.165) is 27.6 Å². The normalized spacial score (nSPS) is 10.4. The number of hydrogen-bond donors (Lipinski definition) is 2. The van der Waals surface area contributed by atoms with Gasteiger partial charge in [0.05, 0.1) is 13.7 Å². The molecular weight excluding hydrogens is 366 g/mol. The molecule has 29 heavy (non-hydrogen) atoms. The van der Waals surface area contributed by atoms with Crippen molar-refractivity contribution in [3.8, 4) is 5.75 Å². The number of benzene rings is 3. The number of urea groups is 1. The number of nitrogens with zero attached hydrogens (tertiary/aromatic N) is 1. The summed E-state index contributed by atoms with van der Waals surface area (Å²) in [6.45, 7) is 0.828. The van der Waals surface area contributed by atoms with Crippen molar-refractivity contribution in [2.24, 2.45) is 0 Å². The van der Waals surface area contributed by atoms with Crippen molar-refractivity contribution in [3.05, 3.63) is 77.9 Å². The minimum Gasteiger partial charge on any atom is -0.497 e. The Labute approximate surface area is 170 Å². The highest BCUT2D eigenvalue weighted by Crippen LogP contribution is 2.22. The van der Waals surface area contributed by atoms with Crippen LogP contribution in [0.2, 0.25) is 0 Å². The lowest BCUT2D eigenvalue weighted by molar-refractivity contribution is -0.129. The third-order valence-corrected chi connectivity index (χ3v) is 4.65. The van der Waals surface area contributed by atoms with Gasteiger partial charge in [0.2, 0.25) is 5.91 Å². The van der Waals surface area contributed by atoms with Crippen LogP contribution in [0.15, 0.2) is 66.7 Å². The molecule has 3 aromatic rings. The number of carbonyl (C=O) groups excluding carboxylic acids is 2. The summed E-state index contributed by atoms with van der Waals surface area (Å²) in [5, 5.41) is 7.52. The Hall–Kier alpha value is -3.54. The highest BCUT2D eigenvalue weighted by molar-refractivity contribution is 5.85. The first-order valence-electron chi connectivity index (χ1n) is 9.41. The molecular formula is C23H25N3O3. The Bertz CT molecular complexity index is 989. The minimum absolute atomic E-state index is 0.0537. The number of methoxy groups -OCH3 is 1. The van der Waals surface area contributed by atoms with E-state index in [1.54, 1.807) is 19.1 Å². The molecule has 6 heteroatoms. The summed E-state index contributed by atoms with van der Waals surface area (Å²) in [4.78, 5) is 25.8. The zero-order chi connectivity index (χ0) is 20.6. The van der Waals surface area contributed by atoms with Gasteiger partial charge in [-0.2, -0.15) is 0 Å². The standard InChI is InChI=1S/C23H25N3O3/c1-26(16-18-8-9-20-13-21(29-2)11-10-19(20)12-18)22(27)15-25-23(28)24-14-17-6-4-3-5-7-17/h3-13H,14-16H2,1-2H3,(H2,24,25,28). The summed E-state index contributed by atoms with van der Waals surface area (Å²) in [5.41, 5.74) is 2.02. The molecule has 0 heterocycles. The van der Waals surface area contributed by atoms with E-state index in [1.807, 2.05) is 60.7 Å². The Balaban J connectivity index is 1.48. The van der Waals surface area contributed by atoms with E-state index >= 15 is 0 Å². The van der Waals surface area contributed by atoms with Gasteiger partial charge < -0.3 is 20.3 Å². The molecule has 0 saturated heterocycles. The van der Waals surface area contributed by atoms with Crippen LogP contribution in [0, 0.1) is 0 Å². The van der Waals surface area contributed by atoms with Gasteiger partial charge in [-0.05, 0) is 40.1 Å². The van der Waals surface area contributed by atoms with Gasteiger partial charge >= 0.3 is 6.03 Å². The molecule has 0 bridgehead atoms. The predicted octanol–water partition coefficient (Wildman–Crippen LogP) is 3.31. The minimum atomic E-state index is -0.366. The molecule has 6 nitrogen and oxygen atoms in total. The van der Waals surface area contributed by atoms with Crippen molar-refractivity contribution in [1.82, 2.24) is 15.5 Å². The van der Waals surface area contributed by atoms with Crippen molar-refractivity contribution < 1.29 is 14.3 Å². The first-order valence-corrected chi connectivity index (χ1v) is 9.41. The van der Waals surface area contributed by atoms with Crippen LogP contribution in [-0.4, -0.2) is 37.5 Å². The third kappa shape index (κ3) is 5.72. The molecule has 2 N–H and O–H groups in total. The van der Waals surface area contributed by atoms with Gasteiger partial charge in [0.1, 0.15) is 5.75 Å². The first-order chi connectivity index (χ1) is 14.0. The van der Waals surface area contributed by atoms with E-state index in [4.69, 9.17) is 4.74 Å². The fraction of sp³-hybridized carbons (Fsp3) is 0.217. The van der Waals surface area contributed by atoms with Crippen molar-refractivity contribution in [1.29, 1.82) is 0 Å². The number of amides is 3. The van der Waals surface area contributed by atoms with Crippen molar-refractivity contribution >= 4 is 22.7 Å². The summed E-state index contributed by atoms with van der Waals surface area (Å²) in [6.07, 6.45) is 0. The quantitative estimate of drug-likeness (QED) is 0.649. The molecule has 0 aliphatic carbocycles. The maximum Gasteiger partial charge on any atom is 0.315 e. The van der Waals surface area contributed by atoms with E-state index in [1.165, 1.54) is 0 Å². The van der Waals surface area contributed by atoms with Crippen molar-refractivity contribution in [2.75, 3.05) is 20.7 Å². The topological polar surface area (TPSA) is 70.7 Å². The molecule has 0 atom stereocenters. The Morgan fingerprint density at radius 3 is 2.38 bits per heavy atom. The summed E-state index contributed by atoms with van der Waals surface area (Å²) >= 11 is 0. The fourth-order valence-electron chi connectivity index (χ4n) is 2.99. The Morgan fingerprint density at radius 1 is 0.897 bits per heavy atom. The average Bonchev–Trinajstić information content (AvgIpc) is 2.76. The molecule has 0 aromatic heterocycles. The van der Waals surface area contributed by atoms with Crippen LogP contribution < -0.4 is 15.4 Å². The van der Waals surface area contributed by atoms with Gasteiger partial charge in [0.25, 0.3) is 0 Å². The maximum atomic E-state index is 12.3. The fourth-order valence-corrected chi connectivity index (χ4v) is 2.99. The lowest BCUT2D eigenvalue weighted by atomic mass is 10.1. The third-order valence-electron chi connectivity index (χ3n) is 4.65. The van der Waals surface area contributed by atoms with E-state index in [2.05, 4.69) is 16.7 Å². The van der Waals surface area contributed by atoms with E-state index in [9.17, 15) is 9.59 Å². The lowest BCUT2D eigenvalue weighted by Gasteiger charge is -2.18. The SMILES string of the molecule is COc1ccc2cc(CN(C)C(=O)CNC(=O)NCc3ccccc3)ccc2c1. The lowest BCUT2D eigenvalue weighted by Crippen LogP contribution is -2.42. The highest BCUT2D eigenvalue weighted by atomic mass is 16.5. The number of likely N-dealkylation sites (N-methyl/N-ethyl adjacent to an activating group) is 1. The van der Waals surface area contributed by atoms with Crippen molar-refractivity contribution in [3.63, 3.8) is 0 Å². The zero-order valence-electron chi connectivity index (χ0n) is 16.6. The van der Waals surface area contributed by atoms with Gasteiger partial charge in [-0.25, -0.2) is 4.79 Å². The maximum absolute atomic E-state index is 12.3. The van der Waals surface area contributed by atoms with Crippen LogP contribution in [-0.2, 0) is 17.9 Å². The van der Waals surface area contributed by atoms with Crippen LogP contribution in [0.25, 0.3) is 10.8 Å². The molecule has 0 spiro atoms. The average molecular weight is 391 g/mol. The second-order valence-corrected chi connectivity index (χ2v) is 6.82.